The van der Waals surface area contributed by atoms with Crippen LogP contribution in [0.5, 0.6) is 0 Å². The highest BCUT2D eigenvalue weighted by atomic mass is 16.4. The molecule has 6 nitrogen and oxygen atoms in total. The van der Waals surface area contributed by atoms with Crippen molar-refractivity contribution in [1.82, 2.24) is 9.78 Å². The SMILES string of the molecule is C=c1[nH]n(-c2ccc(C)c(C)c2)c(=O)c1=CNc1ccc(C(=O)[O-])cc1. The van der Waals surface area contributed by atoms with Crippen molar-refractivity contribution in [2.24, 2.45) is 0 Å². The average molecular weight is 348 g/mol. The molecule has 0 saturated heterocycles. The number of anilines is 1. The molecule has 3 aromatic rings. The highest BCUT2D eigenvalue weighted by Gasteiger charge is 2.05. The second-order valence-electron chi connectivity index (χ2n) is 6.07. The summed E-state index contributed by atoms with van der Waals surface area (Å²) >= 11 is 0. The van der Waals surface area contributed by atoms with Gasteiger partial charge in [-0.15, -0.1) is 0 Å². The second kappa shape index (κ2) is 6.76. The quantitative estimate of drug-likeness (QED) is 0.714. The van der Waals surface area contributed by atoms with E-state index in [0.717, 1.165) is 16.8 Å². The van der Waals surface area contributed by atoms with E-state index in [-0.39, 0.29) is 11.1 Å². The molecule has 0 amide bonds. The standard InChI is InChI=1S/C20H19N3O3/c1-12-4-9-17(10-13(12)2)23-19(24)18(14(3)22-23)11-21-16-7-5-15(6-8-16)20(25)26/h4-11,21-22H,3H2,1-2H3,(H,25,26)/p-1. The van der Waals surface area contributed by atoms with Crippen LogP contribution in [0.15, 0.2) is 47.3 Å². The fraction of sp³-hybridized carbons (Fsp3) is 0.100. The Bertz CT molecular complexity index is 1140. The molecule has 1 aromatic heterocycles. The number of carboxylic acid groups (broad SMARTS) is 1. The molecule has 2 aromatic carbocycles. The Hall–Kier alpha value is -3.54. The molecule has 26 heavy (non-hydrogen) atoms. The highest BCUT2D eigenvalue weighted by molar-refractivity contribution is 5.86. The van der Waals surface area contributed by atoms with Crippen LogP contribution in [0.3, 0.4) is 0 Å². The van der Waals surface area contributed by atoms with Gasteiger partial charge < -0.3 is 15.2 Å². The third kappa shape index (κ3) is 3.30. The third-order valence-electron chi connectivity index (χ3n) is 4.26. The number of H-pyrrole nitrogens is 1. The van der Waals surface area contributed by atoms with Gasteiger partial charge in [-0.1, -0.05) is 24.8 Å². The van der Waals surface area contributed by atoms with Crippen LogP contribution >= 0.6 is 0 Å². The Balaban J connectivity index is 1.96. The minimum Gasteiger partial charge on any atom is -0.545 e. The first kappa shape index (κ1) is 17.3. The number of nitrogens with one attached hydrogen (secondary N) is 2. The van der Waals surface area contributed by atoms with Crippen LogP contribution < -0.4 is 26.6 Å². The van der Waals surface area contributed by atoms with E-state index in [4.69, 9.17) is 0 Å². The first-order valence-electron chi connectivity index (χ1n) is 8.02. The summed E-state index contributed by atoms with van der Waals surface area (Å²) in [5, 5.41) is 17.6. The van der Waals surface area contributed by atoms with Gasteiger partial charge in [0.05, 0.1) is 22.2 Å². The van der Waals surface area contributed by atoms with Crippen LogP contribution in [0.25, 0.3) is 18.5 Å². The summed E-state index contributed by atoms with van der Waals surface area (Å²) in [4.78, 5) is 23.5. The molecule has 3 rings (SSSR count). The lowest BCUT2D eigenvalue weighted by molar-refractivity contribution is -0.255. The maximum Gasteiger partial charge on any atom is 0.280 e. The zero-order valence-electron chi connectivity index (χ0n) is 14.5. The van der Waals surface area contributed by atoms with Gasteiger partial charge in [-0.3, -0.25) is 9.89 Å². The predicted octanol–water partition coefficient (Wildman–Crippen LogP) is 0.406. The van der Waals surface area contributed by atoms with E-state index in [1.165, 1.54) is 16.8 Å². The number of aromatic nitrogens is 2. The second-order valence-corrected chi connectivity index (χ2v) is 6.07. The van der Waals surface area contributed by atoms with Crippen molar-refractivity contribution in [2.45, 2.75) is 13.8 Å². The number of aromatic amines is 1. The van der Waals surface area contributed by atoms with Crippen LogP contribution in [0, 0.1) is 13.8 Å². The van der Waals surface area contributed by atoms with Crippen molar-refractivity contribution in [3.63, 3.8) is 0 Å². The first-order valence-corrected chi connectivity index (χ1v) is 8.02. The molecule has 0 bridgehead atoms. The summed E-state index contributed by atoms with van der Waals surface area (Å²) < 4.78 is 1.45. The molecular weight excluding hydrogens is 330 g/mol. The predicted molar refractivity (Wildman–Crippen MR) is 99.5 cm³/mol. The molecule has 0 aliphatic heterocycles. The summed E-state index contributed by atoms with van der Waals surface area (Å²) in [5.41, 5.74) is 3.49. The van der Waals surface area contributed by atoms with E-state index in [9.17, 15) is 14.7 Å². The molecule has 132 valence electrons. The number of aromatic carboxylic acids is 1. The zero-order valence-corrected chi connectivity index (χ0v) is 14.5. The molecule has 6 heteroatoms. The van der Waals surface area contributed by atoms with Gasteiger partial charge in [-0.05, 0) is 54.8 Å². The Morgan fingerprint density at radius 1 is 1.15 bits per heavy atom. The summed E-state index contributed by atoms with van der Waals surface area (Å²) in [6.45, 7) is 7.88. The average Bonchev–Trinajstić information content (AvgIpc) is 2.90. The van der Waals surface area contributed by atoms with Crippen LogP contribution in [-0.2, 0) is 0 Å². The van der Waals surface area contributed by atoms with E-state index in [1.807, 2.05) is 32.0 Å². The number of hydrogen-bond acceptors (Lipinski definition) is 4. The summed E-state index contributed by atoms with van der Waals surface area (Å²) in [7, 11) is 0. The molecule has 0 saturated carbocycles. The number of aryl methyl sites for hydroxylation is 2. The topological polar surface area (TPSA) is 90.0 Å². The van der Waals surface area contributed by atoms with Crippen molar-refractivity contribution in [3.8, 4) is 5.69 Å². The minimum absolute atomic E-state index is 0.0899. The van der Waals surface area contributed by atoms with E-state index < -0.39 is 5.97 Å². The maximum absolute atomic E-state index is 12.7. The first-order chi connectivity index (χ1) is 12.4. The van der Waals surface area contributed by atoms with Crippen molar-refractivity contribution >= 4 is 24.4 Å². The zero-order chi connectivity index (χ0) is 18.8. The molecule has 1 heterocycles. The number of carbonyl (C=O) groups excluding carboxylic acids is 1. The van der Waals surface area contributed by atoms with Crippen LogP contribution in [0.2, 0.25) is 0 Å². The van der Waals surface area contributed by atoms with Gasteiger partial charge in [0.15, 0.2) is 0 Å². The van der Waals surface area contributed by atoms with Gasteiger partial charge in [0.2, 0.25) is 0 Å². The van der Waals surface area contributed by atoms with Gasteiger partial charge in [-0.25, -0.2) is 4.68 Å². The van der Waals surface area contributed by atoms with Gasteiger partial charge in [0, 0.05) is 11.9 Å². The largest absolute Gasteiger partial charge is 0.545 e. The van der Waals surface area contributed by atoms with Crippen LogP contribution in [0.4, 0.5) is 5.69 Å². The van der Waals surface area contributed by atoms with E-state index in [2.05, 4.69) is 17.0 Å². The van der Waals surface area contributed by atoms with Gasteiger partial charge >= 0.3 is 0 Å². The van der Waals surface area contributed by atoms with Crippen LogP contribution in [0.1, 0.15) is 21.5 Å². The molecule has 0 aliphatic carbocycles. The molecule has 0 aliphatic rings. The number of benzene rings is 2. The number of carbonyl (C=O) groups is 1. The Labute approximate surface area is 149 Å². The van der Waals surface area contributed by atoms with Crippen molar-refractivity contribution < 1.29 is 9.90 Å². The third-order valence-corrected chi connectivity index (χ3v) is 4.26. The van der Waals surface area contributed by atoms with Gasteiger partial charge in [0.25, 0.3) is 5.56 Å². The summed E-state index contributed by atoms with van der Waals surface area (Å²) in [6, 6.07) is 11.8. The Kier molecular flexibility index (Phi) is 4.49. The lowest BCUT2D eigenvalue weighted by Gasteiger charge is -2.05. The molecule has 0 fully saturated rings. The van der Waals surface area contributed by atoms with Crippen LogP contribution in [-0.4, -0.2) is 15.7 Å². The molecule has 2 N–H and O–H groups in total. The molecule has 0 unspecified atom stereocenters. The lowest BCUT2D eigenvalue weighted by Crippen LogP contribution is -2.34. The van der Waals surface area contributed by atoms with Crippen molar-refractivity contribution in [3.05, 3.63) is 80.1 Å². The molecule has 0 atom stereocenters. The van der Waals surface area contributed by atoms with E-state index in [0.29, 0.717) is 16.3 Å². The number of carboxylic acids is 1. The smallest absolute Gasteiger partial charge is 0.280 e. The lowest BCUT2D eigenvalue weighted by atomic mass is 10.1. The molecule has 0 spiro atoms. The van der Waals surface area contributed by atoms with Gasteiger partial charge in [-0.2, -0.15) is 0 Å². The summed E-state index contributed by atoms with van der Waals surface area (Å²) in [6.07, 6.45) is 1.55. The normalized spacial score (nSPS) is 11.5. The van der Waals surface area contributed by atoms with Crippen molar-refractivity contribution in [1.29, 1.82) is 0 Å². The number of hydrogen-bond donors (Lipinski definition) is 2. The number of nitrogens with zero attached hydrogens (tertiary/aromatic N) is 1. The highest BCUT2D eigenvalue weighted by Crippen LogP contribution is 2.11. The fourth-order valence-electron chi connectivity index (χ4n) is 2.55. The Morgan fingerprint density at radius 2 is 1.85 bits per heavy atom. The maximum atomic E-state index is 12.7. The summed E-state index contributed by atoms with van der Waals surface area (Å²) in [5.74, 6) is -1.23. The van der Waals surface area contributed by atoms with Crippen molar-refractivity contribution in [2.75, 3.05) is 5.32 Å². The monoisotopic (exact) mass is 348 g/mol. The molecular formula is C20H18N3O3-. The molecule has 0 radical (unpaired) electrons. The van der Waals surface area contributed by atoms with Gasteiger partial charge in [0.1, 0.15) is 0 Å². The van der Waals surface area contributed by atoms with E-state index >= 15 is 0 Å². The number of rotatable bonds is 4. The minimum atomic E-state index is -1.23. The van der Waals surface area contributed by atoms with E-state index in [1.54, 1.807) is 18.3 Å². The fourth-order valence-corrected chi connectivity index (χ4v) is 2.55. The Morgan fingerprint density at radius 3 is 2.46 bits per heavy atom.